The number of hydrogen-bond donors (Lipinski definition) is 2. The molecule has 0 aromatic heterocycles. The molecule has 0 aliphatic carbocycles. The van der Waals surface area contributed by atoms with Crippen molar-refractivity contribution in [3.05, 3.63) is 29.8 Å². The van der Waals surface area contributed by atoms with Crippen molar-refractivity contribution in [3.8, 4) is 5.75 Å². The second-order valence-corrected chi connectivity index (χ2v) is 7.45. The van der Waals surface area contributed by atoms with E-state index >= 15 is 0 Å². The van der Waals surface area contributed by atoms with Gasteiger partial charge in [0.05, 0.1) is 4.75 Å². The van der Waals surface area contributed by atoms with Gasteiger partial charge in [-0.25, -0.2) is 13.1 Å². The van der Waals surface area contributed by atoms with Gasteiger partial charge in [-0.3, -0.25) is 0 Å². The molecule has 0 saturated heterocycles. The highest BCUT2D eigenvalue weighted by Gasteiger charge is 2.27. The van der Waals surface area contributed by atoms with Crippen molar-refractivity contribution in [2.75, 3.05) is 6.54 Å². The number of benzene rings is 1. The molecule has 0 aliphatic rings. The molecule has 17 heavy (non-hydrogen) atoms. The van der Waals surface area contributed by atoms with E-state index < -0.39 is 14.8 Å². The molecule has 2 N–H and O–H groups in total. The van der Waals surface area contributed by atoms with Crippen molar-refractivity contribution in [2.45, 2.75) is 31.9 Å². The van der Waals surface area contributed by atoms with Crippen LogP contribution in [0.15, 0.2) is 24.3 Å². The maximum Gasteiger partial charge on any atom is 0.216 e. The van der Waals surface area contributed by atoms with Crippen LogP contribution in [0.1, 0.15) is 26.3 Å². The second kappa shape index (κ2) is 5.06. The van der Waals surface area contributed by atoms with Crippen LogP contribution in [0, 0.1) is 0 Å². The molecule has 4 nitrogen and oxygen atoms in total. The number of sulfonamides is 1. The summed E-state index contributed by atoms with van der Waals surface area (Å²) in [5.41, 5.74) is 0.986. The summed E-state index contributed by atoms with van der Waals surface area (Å²) < 4.78 is 25.3. The number of hydrogen-bond acceptors (Lipinski definition) is 3. The van der Waals surface area contributed by atoms with Crippen LogP contribution < -0.4 is 4.72 Å². The van der Waals surface area contributed by atoms with E-state index in [9.17, 15) is 8.42 Å². The topological polar surface area (TPSA) is 66.4 Å². The minimum atomic E-state index is -3.28. The van der Waals surface area contributed by atoms with Gasteiger partial charge in [-0.1, -0.05) is 12.1 Å². The summed E-state index contributed by atoms with van der Waals surface area (Å²) in [5, 5.41) is 9.11. The van der Waals surface area contributed by atoms with E-state index in [4.69, 9.17) is 5.11 Å². The van der Waals surface area contributed by atoms with Gasteiger partial charge in [0.2, 0.25) is 10.0 Å². The Morgan fingerprint density at radius 1 is 1.18 bits per heavy atom. The van der Waals surface area contributed by atoms with Crippen LogP contribution in [0.5, 0.6) is 5.75 Å². The summed E-state index contributed by atoms with van der Waals surface area (Å²) >= 11 is 0. The third-order valence-electron chi connectivity index (χ3n) is 2.45. The van der Waals surface area contributed by atoms with Gasteiger partial charge < -0.3 is 5.11 Å². The molecule has 0 fully saturated rings. The van der Waals surface area contributed by atoms with E-state index in [0.717, 1.165) is 5.56 Å². The molecule has 1 aromatic carbocycles. The predicted molar refractivity (Wildman–Crippen MR) is 68.5 cm³/mol. The standard InChI is InChI=1S/C12H19NO3S/c1-12(2,3)17(15,16)13-9-8-10-4-6-11(14)7-5-10/h4-7,13-14H,8-9H2,1-3H3. The number of rotatable bonds is 4. The molecule has 0 amide bonds. The number of phenolic OH excluding ortho intramolecular Hbond substituents is 1. The molecule has 1 rings (SSSR count). The normalized spacial score (nSPS) is 12.6. The van der Waals surface area contributed by atoms with Gasteiger partial charge in [-0.05, 0) is 44.9 Å². The average molecular weight is 257 g/mol. The molecule has 0 atom stereocenters. The third-order valence-corrected chi connectivity index (χ3v) is 4.64. The molecular weight excluding hydrogens is 238 g/mol. The highest BCUT2D eigenvalue weighted by atomic mass is 32.2. The maximum absolute atomic E-state index is 11.7. The van der Waals surface area contributed by atoms with Crippen molar-refractivity contribution in [1.82, 2.24) is 4.72 Å². The molecule has 0 bridgehead atoms. The lowest BCUT2D eigenvalue weighted by molar-refractivity contribution is 0.475. The van der Waals surface area contributed by atoms with E-state index in [1.165, 1.54) is 0 Å². The molecule has 0 radical (unpaired) electrons. The van der Waals surface area contributed by atoms with Crippen LogP contribution in [0.3, 0.4) is 0 Å². The van der Waals surface area contributed by atoms with Gasteiger partial charge in [0.15, 0.2) is 0 Å². The van der Waals surface area contributed by atoms with Crippen LogP contribution >= 0.6 is 0 Å². The van der Waals surface area contributed by atoms with Crippen LogP contribution in [-0.4, -0.2) is 24.8 Å². The smallest absolute Gasteiger partial charge is 0.216 e. The zero-order valence-corrected chi connectivity index (χ0v) is 11.2. The van der Waals surface area contributed by atoms with Crippen LogP contribution in [0.4, 0.5) is 0 Å². The minimum absolute atomic E-state index is 0.212. The first kappa shape index (κ1) is 14.0. The Hall–Kier alpha value is -1.07. The van der Waals surface area contributed by atoms with Gasteiger partial charge in [-0.15, -0.1) is 0 Å². The first-order chi connectivity index (χ1) is 7.72. The zero-order valence-electron chi connectivity index (χ0n) is 10.4. The van der Waals surface area contributed by atoms with Crippen molar-refractivity contribution in [1.29, 1.82) is 0 Å². The van der Waals surface area contributed by atoms with Gasteiger partial charge in [0.25, 0.3) is 0 Å². The molecular formula is C12H19NO3S. The summed E-state index contributed by atoms with van der Waals surface area (Å²) in [4.78, 5) is 0. The van der Waals surface area contributed by atoms with Crippen LogP contribution in [0.25, 0.3) is 0 Å². The Morgan fingerprint density at radius 3 is 2.18 bits per heavy atom. The fraction of sp³-hybridized carbons (Fsp3) is 0.500. The number of nitrogens with one attached hydrogen (secondary N) is 1. The number of aromatic hydroxyl groups is 1. The largest absolute Gasteiger partial charge is 0.508 e. The lowest BCUT2D eigenvalue weighted by Gasteiger charge is -2.19. The first-order valence-corrected chi connectivity index (χ1v) is 6.98. The van der Waals surface area contributed by atoms with Crippen molar-refractivity contribution in [3.63, 3.8) is 0 Å². The maximum atomic E-state index is 11.7. The summed E-state index contributed by atoms with van der Waals surface area (Å²) in [5.74, 6) is 0.212. The Morgan fingerprint density at radius 2 is 1.71 bits per heavy atom. The van der Waals surface area contributed by atoms with E-state index in [1.54, 1.807) is 45.0 Å². The molecule has 1 aromatic rings. The van der Waals surface area contributed by atoms with Crippen LogP contribution in [-0.2, 0) is 16.4 Å². The lowest BCUT2D eigenvalue weighted by Crippen LogP contribution is -2.40. The van der Waals surface area contributed by atoms with Gasteiger partial charge >= 0.3 is 0 Å². The summed E-state index contributed by atoms with van der Waals surface area (Å²) in [6.07, 6.45) is 0.607. The third kappa shape index (κ3) is 4.02. The van der Waals surface area contributed by atoms with Gasteiger partial charge in [0.1, 0.15) is 5.75 Å². The first-order valence-electron chi connectivity index (χ1n) is 5.49. The van der Waals surface area contributed by atoms with Gasteiger partial charge in [-0.2, -0.15) is 0 Å². The fourth-order valence-electron chi connectivity index (χ4n) is 1.21. The lowest BCUT2D eigenvalue weighted by atomic mass is 10.1. The molecule has 0 heterocycles. The SMILES string of the molecule is CC(C)(C)S(=O)(=O)NCCc1ccc(O)cc1. The molecule has 96 valence electrons. The Bertz CT molecular complexity index is 458. The van der Waals surface area contributed by atoms with Gasteiger partial charge in [0, 0.05) is 6.54 Å². The van der Waals surface area contributed by atoms with Crippen molar-refractivity contribution < 1.29 is 13.5 Å². The summed E-state index contributed by atoms with van der Waals surface area (Å²) in [6, 6.07) is 6.74. The van der Waals surface area contributed by atoms with Crippen molar-refractivity contribution in [2.24, 2.45) is 0 Å². The highest BCUT2D eigenvalue weighted by Crippen LogP contribution is 2.13. The number of phenols is 1. The molecule has 0 saturated carbocycles. The monoisotopic (exact) mass is 257 g/mol. The highest BCUT2D eigenvalue weighted by molar-refractivity contribution is 7.90. The van der Waals surface area contributed by atoms with E-state index in [1.807, 2.05) is 0 Å². The quantitative estimate of drug-likeness (QED) is 0.862. The summed E-state index contributed by atoms with van der Waals surface area (Å²) in [7, 11) is -3.28. The molecule has 0 unspecified atom stereocenters. The Labute approximate surface area is 103 Å². The second-order valence-electron chi connectivity index (χ2n) is 4.93. The molecule has 0 spiro atoms. The molecule has 5 heteroatoms. The van der Waals surface area contributed by atoms with Crippen LogP contribution in [0.2, 0.25) is 0 Å². The van der Waals surface area contributed by atoms with Crippen molar-refractivity contribution >= 4 is 10.0 Å². The Balaban J connectivity index is 2.52. The Kier molecular flexibility index (Phi) is 4.16. The average Bonchev–Trinajstić information content (AvgIpc) is 2.19. The van der Waals surface area contributed by atoms with E-state index in [-0.39, 0.29) is 5.75 Å². The van der Waals surface area contributed by atoms with E-state index in [2.05, 4.69) is 4.72 Å². The fourth-order valence-corrected chi connectivity index (χ4v) is 2.01. The summed E-state index contributed by atoms with van der Waals surface area (Å²) in [6.45, 7) is 5.35. The minimum Gasteiger partial charge on any atom is -0.508 e. The molecule has 0 aliphatic heterocycles. The van der Waals surface area contributed by atoms with E-state index in [0.29, 0.717) is 13.0 Å². The predicted octanol–water partition coefficient (Wildman–Crippen LogP) is 1.65. The zero-order chi connectivity index (χ0) is 13.1.